The molecule has 5 heteroatoms. The molecule has 0 N–H and O–H groups in total. The molecule has 1 amide bonds. The van der Waals surface area contributed by atoms with Gasteiger partial charge in [0.1, 0.15) is 18.1 Å². The van der Waals surface area contributed by atoms with Gasteiger partial charge in [0.2, 0.25) is 0 Å². The van der Waals surface area contributed by atoms with E-state index in [1.54, 1.807) is 14.1 Å². The Hall–Kier alpha value is -2.56. The highest BCUT2D eigenvalue weighted by atomic mass is 16.5. The molecule has 0 saturated heterocycles. The number of rotatable bonds is 8. The minimum Gasteiger partial charge on any atom is -0.486 e. The number of Topliss-reactive ketones (excluding diaryl/α,β-unsaturated/α-hetero) is 1. The quantitative estimate of drug-likeness (QED) is 0.542. The number of aryl methyl sites for hydroxylation is 2. The zero-order valence-electron chi connectivity index (χ0n) is 20.5. The van der Waals surface area contributed by atoms with E-state index in [0.717, 1.165) is 35.3 Å². The highest BCUT2D eigenvalue weighted by Gasteiger charge is 2.37. The Balaban J connectivity index is 2.42. The van der Waals surface area contributed by atoms with Gasteiger partial charge in [-0.05, 0) is 55.5 Å². The van der Waals surface area contributed by atoms with Gasteiger partial charge in [-0.2, -0.15) is 0 Å². The van der Waals surface area contributed by atoms with E-state index in [2.05, 4.69) is 19.9 Å². The maximum atomic E-state index is 12.4. The zero-order chi connectivity index (χ0) is 23.6. The molecule has 2 rings (SSSR count). The summed E-state index contributed by atoms with van der Waals surface area (Å²) < 4.78 is 12.0. The van der Waals surface area contributed by atoms with Crippen molar-refractivity contribution in [3.05, 3.63) is 52.5 Å². The Bertz CT molecular complexity index is 943. The maximum Gasteiger partial charge on any atom is 0.289 e. The second kappa shape index (κ2) is 9.29. The number of ether oxygens (including phenoxy) is 1. The van der Waals surface area contributed by atoms with Gasteiger partial charge >= 0.3 is 0 Å². The minimum absolute atomic E-state index is 0.0592. The highest BCUT2D eigenvalue weighted by molar-refractivity contribution is 5.91. The van der Waals surface area contributed by atoms with Crippen molar-refractivity contribution < 1.29 is 18.7 Å². The van der Waals surface area contributed by atoms with E-state index in [9.17, 15) is 9.59 Å². The smallest absolute Gasteiger partial charge is 0.289 e. The van der Waals surface area contributed by atoms with Gasteiger partial charge in [-0.1, -0.05) is 46.8 Å². The van der Waals surface area contributed by atoms with E-state index < -0.39 is 5.41 Å². The topological polar surface area (TPSA) is 59.8 Å². The lowest BCUT2D eigenvalue weighted by molar-refractivity contribution is -0.128. The van der Waals surface area contributed by atoms with Gasteiger partial charge in [-0.3, -0.25) is 9.59 Å². The van der Waals surface area contributed by atoms with Crippen LogP contribution >= 0.6 is 0 Å². The molecule has 170 valence electrons. The van der Waals surface area contributed by atoms with Crippen molar-refractivity contribution in [3.8, 4) is 5.75 Å². The number of hydrogen-bond donors (Lipinski definition) is 0. The molecule has 0 aliphatic heterocycles. The van der Waals surface area contributed by atoms with Crippen molar-refractivity contribution in [3.63, 3.8) is 0 Å². The fourth-order valence-corrected chi connectivity index (χ4v) is 3.86. The van der Waals surface area contributed by atoms with Crippen molar-refractivity contribution in [2.45, 2.75) is 66.7 Å². The molecule has 1 heterocycles. The first-order valence-electron chi connectivity index (χ1n) is 11.0. The number of nitrogens with zero attached hydrogens (tertiary/aromatic N) is 1. The second-order valence-electron chi connectivity index (χ2n) is 9.55. The predicted molar refractivity (Wildman–Crippen MR) is 124 cm³/mol. The molecular formula is C26H37NO4. The van der Waals surface area contributed by atoms with Crippen LogP contribution in [0.2, 0.25) is 0 Å². The van der Waals surface area contributed by atoms with Crippen LogP contribution in [0.25, 0.3) is 0 Å². The van der Waals surface area contributed by atoms with Gasteiger partial charge < -0.3 is 14.1 Å². The number of hydrogen-bond acceptors (Lipinski definition) is 4. The van der Waals surface area contributed by atoms with E-state index in [1.807, 2.05) is 52.8 Å². The van der Waals surface area contributed by atoms with Crippen LogP contribution in [0.1, 0.15) is 80.5 Å². The SMILES string of the molecule is CCC(CC)(c1ccc(OCC(=O)C(C)(C)C)c(C)c1)c1oc(C(=O)N(C)C)cc1C. The Morgan fingerprint density at radius 2 is 1.61 bits per heavy atom. The van der Waals surface area contributed by atoms with Crippen LogP contribution in [0.3, 0.4) is 0 Å². The second-order valence-corrected chi connectivity index (χ2v) is 9.55. The first-order chi connectivity index (χ1) is 14.4. The van der Waals surface area contributed by atoms with Crippen molar-refractivity contribution in [1.82, 2.24) is 4.90 Å². The third kappa shape index (κ3) is 5.03. The largest absolute Gasteiger partial charge is 0.486 e. The molecule has 0 atom stereocenters. The summed E-state index contributed by atoms with van der Waals surface area (Å²) in [6.45, 7) is 14.0. The molecule has 0 spiro atoms. The van der Waals surface area contributed by atoms with Gasteiger partial charge in [-0.15, -0.1) is 0 Å². The summed E-state index contributed by atoms with van der Waals surface area (Å²) in [5.41, 5.74) is 2.29. The molecule has 31 heavy (non-hydrogen) atoms. The van der Waals surface area contributed by atoms with Crippen LogP contribution in [-0.4, -0.2) is 37.3 Å². The molecule has 0 aliphatic carbocycles. The summed E-state index contributed by atoms with van der Waals surface area (Å²) in [7, 11) is 3.44. The predicted octanol–water partition coefficient (Wildman–Crippen LogP) is 5.70. The van der Waals surface area contributed by atoms with E-state index >= 15 is 0 Å². The van der Waals surface area contributed by atoms with Gasteiger partial charge in [0.15, 0.2) is 11.5 Å². The lowest BCUT2D eigenvalue weighted by Gasteiger charge is -2.32. The number of benzene rings is 1. The van der Waals surface area contributed by atoms with E-state index in [1.165, 1.54) is 4.90 Å². The summed E-state index contributed by atoms with van der Waals surface area (Å²) in [5.74, 6) is 1.83. The summed E-state index contributed by atoms with van der Waals surface area (Å²) in [5, 5.41) is 0. The lowest BCUT2D eigenvalue weighted by atomic mass is 9.72. The van der Waals surface area contributed by atoms with Crippen LogP contribution in [-0.2, 0) is 10.2 Å². The molecule has 0 fully saturated rings. The van der Waals surface area contributed by atoms with E-state index in [4.69, 9.17) is 9.15 Å². The van der Waals surface area contributed by atoms with Crippen LogP contribution < -0.4 is 4.74 Å². The molecule has 2 aromatic rings. The standard InChI is InChI=1S/C26H37NO4/c1-10-26(11-2,23-18(4)15-21(31-23)24(29)27(8)9)19-12-13-20(17(3)14-19)30-16-22(28)25(5,6)7/h12-15H,10-11,16H2,1-9H3. The van der Waals surface area contributed by atoms with E-state index in [-0.39, 0.29) is 23.7 Å². The van der Waals surface area contributed by atoms with Crippen LogP contribution in [0.5, 0.6) is 5.75 Å². The van der Waals surface area contributed by atoms with Gasteiger partial charge in [0.05, 0.1) is 5.41 Å². The normalized spacial score (nSPS) is 12.0. The number of ketones is 1. The van der Waals surface area contributed by atoms with Gasteiger partial charge in [-0.25, -0.2) is 0 Å². The maximum absolute atomic E-state index is 12.4. The monoisotopic (exact) mass is 427 g/mol. The van der Waals surface area contributed by atoms with E-state index in [0.29, 0.717) is 11.5 Å². The Labute approximate surface area is 186 Å². The molecule has 5 nitrogen and oxygen atoms in total. The molecule has 0 radical (unpaired) electrons. The third-order valence-corrected chi connectivity index (χ3v) is 6.10. The van der Waals surface area contributed by atoms with Crippen molar-refractivity contribution >= 4 is 11.7 Å². The summed E-state index contributed by atoms with van der Waals surface area (Å²) in [6.07, 6.45) is 1.66. The van der Waals surface area contributed by atoms with Crippen molar-refractivity contribution in [2.24, 2.45) is 5.41 Å². The fraction of sp³-hybridized carbons (Fsp3) is 0.538. The Morgan fingerprint density at radius 3 is 2.10 bits per heavy atom. The minimum atomic E-state index is -0.425. The lowest BCUT2D eigenvalue weighted by Crippen LogP contribution is -2.27. The molecule has 0 saturated carbocycles. The summed E-state index contributed by atoms with van der Waals surface area (Å²) in [6, 6.07) is 7.93. The van der Waals surface area contributed by atoms with Crippen molar-refractivity contribution in [2.75, 3.05) is 20.7 Å². The third-order valence-electron chi connectivity index (χ3n) is 6.10. The van der Waals surface area contributed by atoms with Crippen LogP contribution in [0.4, 0.5) is 0 Å². The Morgan fingerprint density at radius 1 is 1.00 bits per heavy atom. The van der Waals surface area contributed by atoms with Crippen molar-refractivity contribution in [1.29, 1.82) is 0 Å². The van der Waals surface area contributed by atoms with Crippen LogP contribution in [0, 0.1) is 19.3 Å². The van der Waals surface area contributed by atoms with Gasteiger partial charge in [0.25, 0.3) is 5.91 Å². The Kier molecular flexibility index (Phi) is 7.40. The number of carbonyl (C=O) groups excluding carboxylic acids is 2. The molecule has 1 aromatic heterocycles. The number of carbonyl (C=O) groups is 2. The first kappa shape index (κ1) is 24.7. The molecule has 0 bridgehead atoms. The summed E-state index contributed by atoms with van der Waals surface area (Å²) >= 11 is 0. The van der Waals surface area contributed by atoms with Crippen LogP contribution in [0.15, 0.2) is 28.7 Å². The number of amides is 1. The zero-order valence-corrected chi connectivity index (χ0v) is 20.5. The average Bonchev–Trinajstić information content (AvgIpc) is 3.09. The molecular weight excluding hydrogens is 390 g/mol. The average molecular weight is 428 g/mol. The highest BCUT2D eigenvalue weighted by Crippen LogP contribution is 2.42. The van der Waals surface area contributed by atoms with Gasteiger partial charge in [0, 0.05) is 19.5 Å². The fourth-order valence-electron chi connectivity index (χ4n) is 3.86. The molecule has 0 aliphatic rings. The first-order valence-corrected chi connectivity index (χ1v) is 11.0. The number of furan rings is 1. The molecule has 0 unspecified atom stereocenters. The summed E-state index contributed by atoms with van der Waals surface area (Å²) in [4.78, 5) is 26.2. The molecule has 1 aromatic carbocycles.